The lowest BCUT2D eigenvalue weighted by atomic mass is 10.1. The van der Waals surface area contributed by atoms with E-state index in [1.165, 1.54) is 12.8 Å². The molecule has 7 nitrogen and oxygen atoms in total. The number of pyridine rings is 1. The van der Waals surface area contributed by atoms with Crippen LogP contribution in [-0.2, 0) is 13.0 Å². The zero-order chi connectivity index (χ0) is 21.2. The maximum absolute atomic E-state index is 11.8. The van der Waals surface area contributed by atoms with E-state index in [4.69, 9.17) is 4.74 Å². The molecule has 7 heteroatoms. The number of carbonyl (C=O) groups is 1. The summed E-state index contributed by atoms with van der Waals surface area (Å²) in [7, 11) is 1.64. The Morgan fingerprint density at radius 1 is 1.20 bits per heavy atom. The molecule has 1 aromatic carbocycles. The highest BCUT2D eigenvalue weighted by atomic mass is 16.5. The quantitative estimate of drug-likeness (QED) is 0.415. The zero-order valence-corrected chi connectivity index (χ0v) is 17.8. The molecule has 160 valence electrons. The number of benzene rings is 1. The number of nitrogens with zero attached hydrogens (tertiary/aromatic N) is 2. The fourth-order valence-electron chi connectivity index (χ4n) is 2.93. The van der Waals surface area contributed by atoms with Crippen molar-refractivity contribution in [1.29, 1.82) is 0 Å². The van der Waals surface area contributed by atoms with Crippen molar-refractivity contribution < 1.29 is 9.53 Å². The highest BCUT2D eigenvalue weighted by Gasteiger charge is 2.22. The molecule has 1 heterocycles. The Morgan fingerprint density at radius 2 is 2.07 bits per heavy atom. The van der Waals surface area contributed by atoms with Gasteiger partial charge in [-0.25, -0.2) is 9.98 Å². The molecule has 0 radical (unpaired) electrons. The van der Waals surface area contributed by atoms with Crippen LogP contribution in [0.3, 0.4) is 0 Å². The van der Waals surface area contributed by atoms with Gasteiger partial charge in [-0.05, 0) is 55.4 Å². The zero-order valence-electron chi connectivity index (χ0n) is 17.8. The Morgan fingerprint density at radius 3 is 2.77 bits per heavy atom. The highest BCUT2D eigenvalue weighted by Crippen LogP contribution is 2.29. The molecule has 1 saturated carbocycles. The summed E-state index contributed by atoms with van der Waals surface area (Å²) in [5.74, 6) is 2.08. The summed E-state index contributed by atoms with van der Waals surface area (Å²) in [5, 5.41) is 9.26. The van der Waals surface area contributed by atoms with Gasteiger partial charge in [0.05, 0.1) is 13.2 Å². The number of rotatable bonds is 10. The van der Waals surface area contributed by atoms with Crippen molar-refractivity contribution in [2.24, 2.45) is 10.9 Å². The summed E-state index contributed by atoms with van der Waals surface area (Å²) < 4.78 is 5.68. The fourth-order valence-corrected chi connectivity index (χ4v) is 2.93. The van der Waals surface area contributed by atoms with Gasteiger partial charge in [-0.15, -0.1) is 0 Å². The van der Waals surface area contributed by atoms with Crippen LogP contribution in [0.1, 0.15) is 41.3 Å². The molecule has 3 rings (SSSR count). The first-order valence-electron chi connectivity index (χ1n) is 10.6. The number of aliphatic imine (C=N–C) groups is 1. The predicted molar refractivity (Wildman–Crippen MR) is 119 cm³/mol. The van der Waals surface area contributed by atoms with Gasteiger partial charge in [0.1, 0.15) is 0 Å². The molecule has 1 aliphatic rings. The summed E-state index contributed by atoms with van der Waals surface area (Å²) in [4.78, 5) is 20.8. The van der Waals surface area contributed by atoms with Crippen LogP contribution in [0.2, 0.25) is 0 Å². The maximum atomic E-state index is 11.8. The van der Waals surface area contributed by atoms with Crippen LogP contribution in [0.5, 0.6) is 5.88 Å². The summed E-state index contributed by atoms with van der Waals surface area (Å²) >= 11 is 0. The van der Waals surface area contributed by atoms with E-state index in [1.54, 1.807) is 7.05 Å². The fraction of sp³-hybridized carbons (Fsp3) is 0.435. The lowest BCUT2D eigenvalue weighted by Crippen LogP contribution is -2.38. The highest BCUT2D eigenvalue weighted by molar-refractivity contribution is 5.94. The molecule has 0 saturated heterocycles. The summed E-state index contributed by atoms with van der Waals surface area (Å²) in [6.07, 6.45) is 5.16. The minimum atomic E-state index is -0.0720. The van der Waals surface area contributed by atoms with Crippen molar-refractivity contribution in [2.75, 3.05) is 26.7 Å². The molecular formula is C23H31N5O2. The van der Waals surface area contributed by atoms with Crippen molar-refractivity contribution in [3.8, 4) is 5.88 Å². The summed E-state index contributed by atoms with van der Waals surface area (Å²) in [6.45, 7) is 4.85. The van der Waals surface area contributed by atoms with Gasteiger partial charge in [0.2, 0.25) is 5.88 Å². The monoisotopic (exact) mass is 409 g/mol. The van der Waals surface area contributed by atoms with Crippen molar-refractivity contribution in [3.05, 3.63) is 59.3 Å². The van der Waals surface area contributed by atoms with Gasteiger partial charge < -0.3 is 20.7 Å². The summed E-state index contributed by atoms with van der Waals surface area (Å²) in [5.41, 5.74) is 2.81. The van der Waals surface area contributed by atoms with Gasteiger partial charge in [-0.1, -0.05) is 18.2 Å². The molecule has 1 aromatic heterocycles. The largest absolute Gasteiger partial charge is 0.477 e. The average molecular weight is 410 g/mol. The number of nitrogens with one attached hydrogen (secondary N) is 3. The van der Waals surface area contributed by atoms with E-state index in [0.29, 0.717) is 18.0 Å². The van der Waals surface area contributed by atoms with E-state index >= 15 is 0 Å². The SMILES string of the molecule is CCNC(=NCc1ccc(OCC2CC2)nc1)NCCc1cccc(C(=O)NC)c1. The molecule has 2 aromatic rings. The van der Waals surface area contributed by atoms with Crippen molar-refractivity contribution >= 4 is 11.9 Å². The Bertz CT molecular complexity index is 847. The molecule has 1 amide bonds. The molecule has 0 bridgehead atoms. The number of carbonyl (C=O) groups excluding carboxylic acids is 1. The Kier molecular flexibility index (Phi) is 8.06. The Balaban J connectivity index is 1.48. The van der Waals surface area contributed by atoms with Gasteiger partial charge in [0.25, 0.3) is 5.91 Å². The number of hydrogen-bond acceptors (Lipinski definition) is 4. The molecule has 0 aliphatic heterocycles. The van der Waals surface area contributed by atoms with E-state index in [-0.39, 0.29) is 5.91 Å². The third kappa shape index (κ3) is 7.06. The number of aromatic nitrogens is 1. The predicted octanol–water partition coefficient (Wildman–Crippen LogP) is 2.53. The van der Waals surface area contributed by atoms with Crippen LogP contribution in [0.25, 0.3) is 0 Å². The summed E-state index contributed by atoms with van der Waals surface area (Å²) in [6, 6.07) is 11.6. The van der Waals surface area contributed by atoms with E-state index < -0.39 is 0 Å². The standard InChI is InChI=1S/C23H31N5O2/c1-3-25-23(26-12-11-17-5-4-6-20(13-17)22(29)24-2)28-15-19-9-10-21(27-14-19)30-16-18-7-8-18/h4-6,9-10,13-14,18H,3,7-8,11-12,15-16H2,1-2H3,(H,24,29)(H2,25,26,28). The number of hydrogen-bond donors (Lipinski definition) is 3. The van der Waals surface area contributed by atoms with Crippen molar-refractivity contribution in [2.45, 2.75) is 32.7 Å². The average Bonchev–Trinajstić information content (AvgIpc) is 3.61. The molecule has 30 heavy (non-hydrogen) atoms. The van der Waals surface area contributed by atoms with Crippen LogP contribution in [0.4, 0.5) is 0 Å². The van der Waals surface area contributed by atoms with Crippen LogP contribution in [0.15, 0.2) is 47.6 Å². The van der Waals surface area contributed by atoms with E-state index in [9.17, 15) is 4.79 Å². The number of amides is 1. The maximum Gasteiger partial charge on any atom is 0.251 e. The molecule has 0 unspecified atom stereocenters. The van der Waals surface area contributed by atoms with Crippen LogP contribution in [-0.4, -0.2) is 43.6 Å². The first-order chi connectivity index (χ1) is 14.7. The molecule has 1 aliphatic carbocycles. The minimum absolute atomic E-state index is 0.0720. The molecule has 3 N–H and O–H groups in total. The molecular weight excluding hydrogens is 378 g/mol. The molecule has 1 fully saturated rings. The van der Waals surface area contributed by atoms with Gasteiger partial charge in [-0.2, -0.15) is 0 Å². The van der Waals surface area contributed by atoms with E-state index in [2.05, 4.69) is 25.9 Å². The minimum Gasteiger partial charge on any atom is -0.477 e. The second kappa shape index (κ2) is 11.2. The van der Waals surface area contributed by atoms with Gasteiger partial charge >= 0.3 is 0 Å². The first kappa shape index (κ1) is 21.6. The van der Waals surface area contributed by atoms with Crippen LogP contribution in [0, 0.1) is 5.92 Å². The Hall–Kier alpha value is -3.09. The first-order valence-corrected chi connectivity index (χ1v) is 10.6. The van der Waals surface area contributed by atoms with E-state index in [1.807, 2.05) is 49.5 Å². The number of ether oxygens (including phenoxy) is 1. The smallest absolute Gasteiger partial charge is 0.251 e. The third-order valence-electron chi connectivity index (χ3n) is 4.85. The lowest BCUT2D eigenvalue weighted by molar-refractivity contribution is 0.0963. The normalized spacial score (nSPS) is 13.6. The van der Waals surface area contributed by atoms with Gasteiger partial charge in [-0.3, -0.25) is 4.79 Å². The van der Waals surface area contributed by atoms with Crippen LogP contribution < -0.4 is 20.7 Å². The lowest BCUT2D eigenvalue weighted by Gasteiger charge is -2.12. The Labute approximate surface area is 178 Å². The topological polar surface area (TPSA) is 87.6 Å². The molecule has 0 atom stereocenters. The molecule has 0 spiro atoms. The number of guanidine groups is 1. The second-order valence-corrected chi connectivity index (χ2v) is 7.41. The van der Waals surface area contributed by atoms with Gasteiger partial charge in [0.15, 0.2) is 5.96 Å². The third-order valence-corrected chi connectivity index (χ3v) is 4.85. The van der Waals surface area contributed by atoms with Crippen molar-refractivity contribution in [1.82, 2.24) is 20.9 Å². The van der Waals surface area contributed by atoms with Crippen molar-refractivity contribution in [3.63, 3.8) is 0 Å². The van der Waals surface area contributed by atoms with Gasteiger partial charge in [0, 0.05) is 38.0 Å². The second-order valence-electron chi connectivity index (χ2n) is 7.41. The van der Waals surface area contributed by atoms with Crippen LogP contribution >= 0.6 is 0 Å². The van der Waals surface area contributed by atoms with E-state index in [0.717, 1.165) is 49.1 Å².